The topological polar surface area (TPSA) is 81.1 Å². The van der Waals surface area contributed by atoms with Crippen LogP contribution >= 0.6 is 11.3 Å². The van der Waals surface area contributed by atoms with Crippen molar-refractivity contribution in [3.05, 3.63) is 57.0 Å². The van der Waals surface area contributed by atoms with E-state index >= 15 is 0 Å². The van der Waals surface area contributed by atoms with Crippen LogP contribution in [0.2, 0.25) is 0 Å². The number of carbonyl (C=O) groups is 2. The highest BCUT2D eigenvalue weighted by atomic mass is 32.1. The number of benzene rings is 1. The number of aryl methyl sites for hydroxylation is 2. The van der Waals surface area contributed by atoms with Crippen LogP contribution < -0.4 is 10.9 Å². The van der Waals surface area contributed by atoms with Gasteiger partial charge in [-0.25, -0.2) is 4.98 Å². The Labute approximate surface area is 160 Å². The van der Waals surface area contributed by atoms with Gasteiger partial charge in [0.25, 0.3) is 5.56 Å². The van der Waals surface area contributed by atoms with Gasteiger partial charge in [0.15, 0.2) is 5.78 Å². The lowest BCUT2D eigenvalue weighted by Crippen LogP contribution is -2.33. The Balaban J connectivity index is 1.92. The summed E-state index contributed by atoms with van der Waals surface area (Å²) in [5.41, 5.74) is 1.87. The number of aromatic nitrogens is 2. The van der Waals surface area contributed by atoms with E-state index in [1.54, 1.807) is 24.3 Å². The largest absolute Gasteiger partial charge is 0.324 e. The molecule has 0 saturated heterocycles. The number of nitrogens with one attached hydrogen (secondary N) is 1. The van der Waals surface area contributed by atoms with Crippen molar-refractivity contribution in [2.75, 3.05) is 5.32 Å². The first-order valence-electron chi connectivity index (χ1n) is 8.72. The predicted octanol–water partition coefficient (Wildman–Crippen LogP) is 3.87. The van der Waals surface area contributed by atoms with Crippen LogP contribution in [-0.4, -0.2) is 21.2 Å². The fourth-order valence-electron chi connectivity index (χ4n) is 2.99. The lowest BCUT2D eigenvalue weighted by atomic mass is 10.1. The Kier molecular flexibility index (Phi) is 5.23. The van der Waals surface area contributed by atoms with Crippen LogP contribution in [0, 0.1) is 13.8 Å². The van der Waals surface area contributed by atoms with E-state index in [-0.39, 0.29) is 17.2 Å². The van der Waals surface area contributed by atoms with E-state index in [0.29, 0.717) is 27.9 Å². The zero-order chi connectivity index (χ0) is 19.7. The van der Waals surface area contributed by atoms with Crippen molar-refractivity contribution in [3.63, 3.8) is 0 Å². The number of anilines is 1. The van der Waals surface area contributed by atoms with Gasteiger partial charge in [-0.15, -0.1) is 11.3 Å². The Morgan fingerprint density at radius 2 is 1.89 bits per heavy atom. The first-order valence-corrected chi connectivity index (χ1v) is 9.53. The van der Waals surface area contributed by atoms with Gasteiger partial charge in [-0.2, -0.15) is 0 Å². The maximum absolute atomic E-state index is 13.0. The highest BCUT2D eigenvalue weighted by molar-refractivity contribution is 7.18. The van der Waals surface area contributed by atoms with Crippen LogP contribution in [0.4, 0.5) is 5.69 Å². The maximum Gasteiger partial charge on any atom is 0.263 e. The number of rotatable bonds is 5. The number of amides is 1. The van der Waals surface area contributed by atoms with Crippen LogP contribution in [0.5, 0.6) is 0 Å². The highest BCUT2D eigenvalue weighted by Gasteiger charge is 2.22. The number of carbonyl (C=O) groups excluding carboxylic acids is 2. The van der Waals surface area contributed by atoms with E-state index in [2.05, 4.69) is 10.3 Å². The fraction of sp³-hybridized carbons (Fsp3) is 0.300. The molecule has 0 aliphatic rings. The lowest BCUT2D eigenvalue weighted by molar-refractivity contribution is -0.119. The number of thiophene rings is 1. The summed E-state index contributed by atoms with van der Waals surface area (Å²) in [5.74, 6) is -0.326. The third-order valence-corrected chi connectivity index (χ3v) is 5.81. The van der Waals surface area contributed by atoms with Gasteiger partial charge in [-0.1, -0.05) is 6.92 Å². The van der Waals surface area contributed by atoms with E-state index in [0.717, 1.165) is 10.4 Å². The molecule has 1 unspecified atom stereocenters. The molecular formula is C20H21N3O3S. The SMILES string of the molecule is CCC(C(=O)Nc1ccc(C(C)=O)cc1)n1cnc2sc(C)c(C)c2c1=O. The van der Waals surface area contributed by atoms with Crippen molar-refractivity contribution >= 4 is 38.9 Å². The van der Waals surface area contributed by atoms with Gasteiger partial charge < -0.3 is 5.32 Å². The summed E-state index contributed by atoms with van der Waals surface area (Å²) in [6.45, 7) is 7.20. The third kappa shape index (κ3) is 3.55. The molecule has 6 nitrogen and oxygen atoms in total. The van der Waals surface area contributed by atoms with Crippen LogP contribution in [-0.2, 0) is 4.79 Å². The monoisotopic (exact) mass is 383 g/mol. The predicted molar refractivity (Wildman–Crippen MR) is 108 cm³/mol. The molecule has 1 N–H and O–H groups in total. The average molecular weight is 383 g/mol. The molecule has 27 heavy (non-hydrogen) atoms. The molecule has 2 heterocycles. The fourth-order valence-corrected chi connectivity index (χ4v) is 3.98. The molecule has 1 aromatic carbocycles. The summed E-state index contributed by atoms with van der Waals surface area (Å²) in [6.07, 6.45) is 1.90. The van der Waals surface area contributed by atoms with Crippen LogP contribution in [0.15, 0.2) is 35.4 Å². The molecule has 2 aromatic heterocycles. The molecule has 7 heteroatoms. The maximum atomic E-state index is 13.0. The molecule has 0 bridgehead atoms. The van der Waals surface area contributed by atoms with Gasteiger partial charge in [0.2, 0.25) is 5.91 Å². The average Bonchev–Trinajstić information content (AvgIpc) is 2.93. The summed E-state index contributed by atoms with van der Waals surface area (Å²) in [6, 6.07) is 6.02. The number of Topliss-reactive ketones (excluding diaryl/α,β-unsaturated/α-hetero) is 1. The first-order chi connectivity index (χ1) is 12.8. The smallest absolute Gasteiger partial charge is 0.263 e. The van der Waals surface area contributed by atoms with Gasteiger partial charge >= 0.3 is 0 Å². The Morgan fingerprint density at radius 3 is 2.48 bits per heavy atom. The molecule has 140 valence electrons. The minimum atomic E-state index is -0.665. The number of nitrogens with zero attached hydrogens (tertiary/aromatic N) is 2. The number of fused-ring (bicyclic) bond motifs is 1. The van der Waals surface area contributed by atoms with Gasteiger partial charge in [0.1, 0.15) is 10.9 Å². The number of hydrogen-bond donors (Lipinski definition) is 1. The first kappa shape index (κ1) is 19.0. The molecule has 0 radical (unpaired) electrons. The van der Waals surface area contributed by atoms with Crippen molar-refractivity contribution < 1.29 is 9.59 Å². The second kappa shape index (κ2) is 7.44. The van der Waals surface area contributed by atoms with Gasteiger partial charge in [0, 0.05) is 16.1 Å². The van der Waals surface area contributed by atoms with E-state index in [9.17, 15) is 14.4 Å². The Hall–Kier alpha value is -2.80. The van der Waals surface area contributed by atoms with Crippen molar-refractivity contribution in [2.24, 2.45) is 0 Å². The minimum Gasteiger partial charge on any atom is -0.324 e. The minimum absolute atomic E-state index is 0.0355. The molecule has 1 atom stereocenters. The molecule has 3 aromatic rings. The second-order valence-corrected chi connectivity index (χ2v) is 7.67. The molecule has 0 spiro atoms. The molecule has 1 amide bonds. The van der Waals surface area contributed by atoms with Gasteiger partial charge in [0.05, 0.1) is 11.7 Å². The van der Waals surface area contributed by atoms with Crippen molar-refractivity contribution in [1.29, 1.82) is 0 Å². The van der Waals surface area contributed by atoms with Crippen LogP contribution in [0.1, 0.15) is 47.1 Å². The summed E-state index contributed by atoms with van der Waals surface area (Å²) in [7, 11) is 0. The molecular weight excluding hydrogens is 362 g/mol. The summed E-state index contributed by atoms with van der Waals surface area (Å²) in [5, 5.41) is 3.40. The molecule has 0 aliphatic heterocycles. The van der Waals surface area contributed by atoms with Crippen molar-refractivity contribution in [1.82, 2.24) is 9.55 Å². The third-order valence-electron chi connectivity index (χ3n) is 4.70. The van der Waals surface area contributed by atoms with E-state index in [1.165, 1.54) is 29.2 Å². The zero-order valence-electron chi connectivity index (χ0n) is 15.7. The van der Waals surface area contributed by atoms with Crippen LogP contribution in [0.25, 0.3) is 10.2 Å². The van der Waals surface area contributed by atoms with E-state index < -0.39 is 6.04 Å². The standard InChI is InChI=1S/C20H21N3O3S/c1-5-16(18(25)22-15-8-6-14(7-9-15)12(3)24)23-10-21-19-17(20(23)26)11(2)13(4)27-19/h6-10,16H,5H2,1-4H3,(H,22,25). The Morgan fingerprint density at radius 1 is 1.22 bits per heavy atom. The van der Waals surface area contributed by atoms with E-state index in [4.69, 9.17) is 0 Å². The summed E-state index contributed by atoms with van der Waals surface area (Å²) >= 11 is 1.48. The van der Waals surface area contributed by atoms with Gasteiger partial charge in [-0.05, 0) is 57.0 Å². The number of ketones is 1. The molecule has 0 saturated carbocycles. The normalized spacial score (nSPS) is 12.1. The van der Waals surface area contributed by atoms with Gasteiger partial charge in [-0.3, -0.25) is 19.0 Å². The summed E-state index contributed by atoms with van der Waals surface area (Å²) < 4.78 is 1.40. The quantitative estimate of drug-likeness (QED) is 0.678. The second-order valence-electron chi connectivity index (χ2n) is 6.47. The molecule has 0 fully saturated rings. The Bertz CT molecular complexity index is 1080. The lowest BCUT2D eigenvalue weighted by Gasteiger charge is -2.17. The van der Waals surface area contributed by atoms with Crippen LogP contribution in [0.3, 0.4) is 0 Å². The summed E-state index contributed by atoms with van der Waals surface area (Å²) in [4.78, 5) is 43.2. The van der Waals surface area contributed by atoms with E-state index in [1.807, 2.05) is 20.8 Å². The molecule has 3 rings (SSSR count). The van der Waals surface area contributed by atoms with Crippen molar-refractivity contribution in [3.8, 4) is 0 Å². The highest BCUT2D eigenvalue weighted by Crippen LogP contribution is 2.26. The molecule has 0 aliphatic carbocycles. The zero-order valence-corrected chi connectivity index (χ0v) is 16.5. The number of hydrogen-bond acceptors (Lipinski definition) is 5. The van der Waals surface area contributed by atoms with Crippen molar-refractivity contribution in [2.45, 2.75) is 40.2 Å².